The minimum absolute atomic E-state index is 0.0205. The van der Waals surface area contributed by atoms with Crippen LogP contribution in [0.3, 0.4) is 0 Å². The van der Waals surface area contributed by atoms with Crippen LogP contribution in [0, 0.1) is 0 Å². The fraction of sp³-hybridized carbons (Fsp3) is 0.500. The minimum Gasteiger partial charge on any atom is -0.341 e. The first-order valence-electron chi connectivity index (χ1n) is 3.96. The van der Waals surface area contributed by atoms with E-state index >= 15 is 0 Å². The third-order valence-electron chi connectivity index (χ3n) is 1.74. The Morgan fingerprint density at radius 3 is 2.92 bits per heavy atom. The van der Waals surface area contributed by atoms with Crippen molar-refractivity contribution in [3.05, 3.63) is 18.0 Å². The topological polar surface area (TPSA) is 38.1 Å². The van der Waals surface area contributed by atoms with Crippen LogP contribution in [0.25, 0.3) is 0 Å². The van der Waals surface area contributed by atoms with Crippen LogP contribution in [-0.4, -0.2) is 33.4 Å². The van der Waals surface area contributed by atoms with Crippen molar-refractivity contribution >= 4 is 18.5 Å². The fourth-order valence-electron chi connectivity index (χ4n) is 1.04. The molecule has 13 heavy (non-hydrogen) atoms. The quantitative estimate of drug-likeness (QED) is 0.711. The lowest BCUT2D eigenvalue weighted by molar-refractivity contribution is -0.127. The van der Waals surface area contributed by atoms with Gasteiger partial charge in [0, 0.05) is 32.4 Å². The van der Waals surface area contributed by atoms with E-state index in [1.807, 2.05) is 13.2 Å². The summed E-state index contributed by atoms with van der Waals surface area (Å²) in [6, 6.07) is 0. The highest BCUT2D eigenvalue weighted by Gasteiger charge is 2.07. The van der Waals surface area contributed by atoms with Crippen LogP contribution in [0.1, 0.15) is 5.56 Å². The van der Waals surface area contributed by atoms with Crippen LogP contribution in [0.5, 0.6) is 0 Å². The van der Waals surface area contributed by atoms with Gasteiger partial charge in [0.15, 0.2) is 0 Å². The number of aromatic nitrogens is 2. The molecule has 0 bridgehead atoms. The van der Waals surface area contributed by atoms with Crippen molar-refractivity contribution in [2.75, 3.05) is 12.8 Å². The Morgan fingerprint density at radius 2 is 2.46 bits per heavy atom. The molecule has 0 atom stereocenters. The van der Waals surface area contributed by atoms with E-state index in [1.54, 1.807) is 22.8 Å². The first kappa shape index (κ1) is 10.1. The summed E-state index contributed by atoms with van der Waals surface area (Å²) in [6.07, 6.45) is 3.64. The van der Waals surface area contributed by atoms with E-state index in [0.29, 0.717) is 6.54 Å². The number of hydrogen-bond acceptors (Lipinski definition) is 3. The summed E-state index contributed by atoms with van der Waals surface area (Å²) < 4.78 is 1.72. The summed E-state index contributed by atoms with van der Waals surface area (Å²) in [5.41, 5.74) is 1.03. The van der Waals surface area contributed by atoms with Gasteiger partial charge in [-0.05, 0) is 0 Å². The van der Waals surface area contributed by atoms with Gasteiger partial charge in [-0.3, -0.25) is 9.48 Å². The summed E-state index contributed by atoms with van der Waals surface area (Å²) >= 11 is 3.91. The number of carbonyl (C=O) groups excluding carboxylic acids is 1. The van der Waals surface area contributed by atoms with Crippen molar-refractivity contribution in [2.24, 2.45) is 7.05 Å². The van der Waals surface area contributed by atoms with Gasteiger partial charge < -0.3 is 4.90 Å². The Hall–Kier alpha value is -0.970. The Morgan fingerprint density at radius 1 is 1.77 bits per heavy atom. The van der Waals surface area contributed by atoms with E-state index in [2.05, 4.69) is 17.7 Å². The minimum atomic E-state index is 0.0205. The predicted octanol–water partition coefficient (Wildman–Crippen LogP) is 0.308. The van der Waals surface area contributed by atoms with E-state index < -0.39 is 0 Å². The molecular weight excluding hydrogens is 186 g/mol. The number of thiol groups is 1. The zero-order valence-corrected chi connectivity index (χ0v) is 8.66. The summed E-state index contributed by atoms with van der Waals surface area (Å²) in [5, 5.41) is 4.01. The number of nitrogens with zero attached hydrogens (tertiary/aromatic N) is 3. The van der Waals surface area contributed by atoms with E-state index in [0.717, 1.165) is 5.56 Å². The first-order valence-corrected chi connectivity index (χ1v) is 4.59. The molecule has 0 saturated heterocycles. The molecule has 1 rings (SSSR count). The van der Waals surface area contributed by atoms with Gasteiger partial charge in [0.25, 0.3) is 0 Å². The zero-order valence-electron chi connectivity index (χ0n) is 7.77. The summed E-state index contributed by atoms with van der Waals surface area (Å²) in [5.74, 6) is 0.267. The molecule has 1 amide bonds. The van der Waals surface area contributed by atoms with Gasteiger partial charge in [0.2, 0.25) is 5.91 Å². The van der Waals surface area contributed by atoms with Crippen molar-refractivity contribution < 1.29 is 4.79 Å². The van der Waals surface area contributed by atoms with E-state index in [-0.39, 0.29) is 11.7 Å². The second-order valence-electron chi connectivity index (χ2n) is 2.93. The highest BCUT2D eigenvalue weighted by molar-refractivity contribution is 7.81. The summed E-state index contributed by atoms with van der Waals surface area (Å²) in [6.45, 7) is 0.591. The van der Waals surface area contributed by atoms with Crippen molar-refractivity contribution in [2.45, 2.75) is 6.54 Å². The van der Waals surface area contributed by atoms with Gasteiger partial charge in [-0.15, -0.1) is 0 Å². The molecule has 0 radical (unpaired) electrons. The second-order valence-corrected chi connectivity index (χ2v) is 3.25. The van der Waals surface area contributed by atoms with Gasteiger partial charge in [0.1, 0.15) is 0 Å². The lowest BCUT2D eigenvalue weighted by Gasteiger charge is -2.14. The Balaban J connectivity index is 2.54. The predicted molar refractivity (Wildman–Crippen MR) is 53.5 cm³/mol. The Kier molecular flexibility index (Phi) is 3.36. The van der Waals surface area contributed by atoms with Crippen LogP contribution >= 0.6 is 12.6 Å². The normalized spacial score (nSPS) is 10.1. The van der Waals surface area contributed by atoms with Gasteiger partial charge >= 0.3 is 0 Å². The molecule has 1 heterocycles. The summed E-state index contributed by atoms with van der Waals surface area (Å²) in [4.78, 5) is 12.8. The SMILES string of the molecule is CN(Cc1cnn(C)c1)C(=O)CS. The molecule has 0 fully saturated rings. The number of aryl methyl sites for hydroxylation is 1. The maximum absolute atomic E-state index is 11.1. The van der Waals surface area contributed by atoms with E-state index in [4.69, 9.17) is 0 Å². The molecule has 72 valence electrons. The molecule has 0 saturated carbocycles. The van der Waals surface area contributed by atoms with Crippen LogP contribution in [-0.2, 0) is 18.4 Å². The zero-order chi connectivity index (χ0) is 9.84. The van der Waals surface area contributed by atoms with Crippen LogP contribution < -0.4 is 0 Å². The molecular formula is C8H13N3OS. The standard InChI is InChI=1S/C8H13N3OS/c1-10(8(12)6-13)4-7-3-9-11(2)5-7/h3,5,13H,4,6H2,1-2H3. The molecule has 0 aliphatic heterocycles. The van der Waals surface area contributed by atoms with Gasteiger partial charge in [-0.2, -0.15) is 17.7 Å². The molecule has 0 aliphatic rings. The Labute approximate surface area is 82.9 Å². The molecule has 0 aliphatic carbocycles. The van der Waals surface area contributed by atoms with Crippen molar-refractivity contribution in [1.29, 1.82) is 0 Å². The third-order valence-corrected chi connectivity index (χ3v) is 2.01. The van der Waals surface area contributed by atoms with E-state index in [9.17, 15) is 4.79 Å². The smallest absolute Gasteiger partial charge is 0.232 e. The molecule has 0 N–H and O–H groups in total. The molecule has 1 aromatic heterocycles. The van der Waals surface area contributed by atoms with Gasteiger partial charge in [0.05, 0.1) is 11.9 Å². The highest BCUT2D eigenvalue weighted by atomic mass is 32.1. The lowest BCUT2D eigenvalue weighted by Crippen LogP contribution is -2.26. The number of rotatable bonds is 3. The van der Waals surface area contributed by atoms with Gasteiger partial charge in [-0.25, -0.2) is 0 Å². The van der Waals surface area contributed by atoms with Crippen LogP contribution in [0.2, 0.25) is 0 Å². The maximum atomic E-state index is 11.1. The number of amides is 1. The van der Waals surface area contributed by atoms with Crippen LogP contribution in [0.4, 0.5) is 0 Å². The third kappa shape index (κ3) is 2.77. The van der Waals surface area contributed by atoms with Gasteiger partial charge in [-0.1, -0.05) is 0 Å². The summed E-state index contributed by atoms with van der Waals surface area (Å²) in [7, 11) is 3.61. The monoisotopic (exact) mass is 199 g/mol. The van der Waals surface area contributed by atoms with Crippen molar-refractivity contribution in [1.82, 2.24) is 14.7 Å². The largest absolute Gasteiger partial charge is 0.341 e. The first-order chi connectivity index (χ1) is 6.13. The molecule has 0 unspecified atom stereocenters. The molecule has 4 nitrogen and oxygen atoms in total. The average Bonchev–Trinajstić information content (AvgIpc) is 2.49. The number of carbonyl (C=O) groups is 1. The molecule has 1 aromatic rings. The molecule has 5 heteroatoms. The number of hydrogen-bond donors (Lipinski definition) is 1. The van der Waals surface area contributed by atoms with E-state index in [1.165, 1.54) is 0 Å². The second kappa shape index (κ2) is 4.32. The van der Waals surface area contributed by atoms with Crippen molar-refractivity contribution in [3.63, 3.8) is 0 Å². The Bertz CT molecular complexity index is 297. The molecule has 0 spiro atoms. The lowest BCUT2D eigenvalue weighted by atomic mass is 10.3. The maximum Gasteiger partial charge on any atom is 0.232 e. The highest BCUT2D eigenvalue weighted by Crippen LogP contribution is 2.01. The fourth-order valence-corrected chi connectivity index (χ4v) is 1.28. The molecule has 0 aromatic carbocycles. The van der Waals surface area contributed by atoms with Crippen LogP contribution in [0.15, 0.2) is 12.4 Å². The average molecular weight is 199 g/mol. The van der Waals surface area contributed by atoms with Crippen molar-refractivity contribution in [3.8, 4) is 0 Å².